The van der Waals surface area contributed by atoms with Gasteiger partial charge in [-0.25, -0.2) is 0 Å². The third-order valence-corrected chi connectivity index (χ3v) is 3.11. The molecule has 0 aliphatic heterocycles. The van der Waals surface area contributed by atoms with E-state index in [-0.39, 0.29) is 12.3 Å². The van der Waals surface area contributed by atoms with Gasteiger partial charge in [0, 0.05) is 5.56 Å². The van der Waals surface area contributed by atoms with Gasteiger partial charge in [-0.2, -0.15) is 0 Å². The van der Waals surface area contributed by atoms with Gasteiger partial charge in [0.1, 0.15) is 0 Å². The molecule has 0 saturated carbocycles. The Labute approximate surface area is 90.5 Å². The minimum atomic E-state index is 0.0436. The maximum atomic E-state index is 11.5. The Hall–Kier alpha value is -1.15. The SMILES string of the molecule is NCC(=O)c1ccc2c(c1)CCCCC2. The van der Waals surface area contributed by atoms with Crippen molar-refractivity contribution in [2.24, 2.45) is 5.73 Å². The number of rotatable bonds is 2. The van der Waals surface area contributed by atoms with E-state index in [0.29, 0.717) is 0 Å². The fourth-order valence-corrected chi connectivity index (χ4v) is 2.20. The number of hydrogen-bond donors (Lipinski definition) is 1. The van der Waals surface area contributed by atoms with Crippen molar-refractivity contribution in [3.05, 3.63) is 34.9 Å². The Kier molecular flexibility index (Phi) is 3.17. The summed E-state index contributed by atoms with van der Waals surface area (Å²) in [5, 5.41) is 0. The number of carbonyl (C=O) groups excluding carboxylic acids is 1. The summed E-state index contributed by atoms with van der Waals surface area (Å²) in [6, 6.07) is 6.05. The van der Waals surface area contributed by atoms with Crippen molar-refractivity contribution in [2.45, 2.75) is 32.1 Å². The van der Waals surface area contributed by atoms with Gasteiger partial charge in [0.25, 0.3) is 0 Å². The smallest absolute Gasteiger partial charge is 0.176 e. The number of aryl methyl sites for hydroxylation is 2. The van der Waals surface area contributed by atoms with E-state index in [1.165, 1.54) is 30.4 Å². The lowest BCUT2D eigenvalue weighted by molar-refractivity contribution is 0.100. The Morgan fingerprint density at radius 1 is 1.13 bits per heavy atom. The number of ketones is 1. The zero-order chi connectivity index (χ0) is 10.7. The molecule has 0 unspecified atom stereocenters. The predicted octanol–water partition coefficient (Wildman–Crippen LogP) is 2.10. The van der Waals surface area contributed by atoms with Crippen LogP contribution in [0.3, 0.4) is 0 Å². The summed E-state index contributed by atoms with van der Waals surface area (Å²) in [5.74, 6) is 0.0436. The highest BCUT2D eigenvalue weighted by molar-refractivity contribution is 5.97. The third kappa shape index (κ3) is 2.26. The molecule has 1 aromatic carbocycles. The van der Waals surface area contributed by atoms with Crippen LogP contribution in [0.1, 0.15) is 40.7 Å². The molecule has 0 amide bonds. The summed E-state index contributed by atoms with van der Waals surface area (Å²) in [5.41, 5.74) is 8.91. The molecule has 0 atom stereocenters. The molecule has 2 nitrogen and oxygen atoms in total. The molecule has 0 aromatic heterocycles. The van der Waals surface area contributed by atoms with Crippen molar-refractivity contribution >= 4 is 5.78 Å². The van der Waals surface area contributed by atoms with Gasteiger partial charge in [0.15, 0.2) is 5.78 Å². The molecule has 0 radical (unpaired) electrons. The molecule has 0 saturated heterocycles. The Morgan fingerprint density at radius 2 is 1.87 bits per heavy atom. The standard InChI is InChI=1S/C13H17NO/c14-9-13(15)12-7-6-10-4-2-1-3-5-11(10)8-12/h6-8H,1-5,9,14H2. The lowest BCUT2D eigenvalue weighted by Crippen LogP contribution is -2.14. The van der Waals surface area contributed by atoms with Crippen LogP contribution in [0.5, 0.6) is 0 Å². The van der Waals surface area contributed by atoms with E-state index >= 15 is 0 Å². The fourth-order valence-electron chi connectivity index (χ4n) is 2.20. The first-order valence-electron chi connectivity index (χ1n) is 5.66. The van der Waals surface area contributed by atoms with Crippen molar-refractivity contribution in [1.29, 1.82) is 0 Å². The fraction of sp³-hybridized carbons (Fsp3) is 0.462. The molecule has 0 fully saturated rings. The minimum absolute atomic E-state index is 0.0436. The highest BCUT2D eigenvalue weighted by Gasteiger charge is 2.10. The maximum absolute atomic E-state index is 11.5. The van der Waals surface area contributed by atoms with E-state index in [9.17, 15) is 4.79 Å². The van der Waals surface area contributed by atoms with E-state index < -0.39 is 0 Å². The molecular weight excluding hydrogens is 186 g/mol. The lowest BCUT2D eigenvalue weighted by atomic mass is 9.98. The molecular formula is C13H17NO. The van der Waals surface area contributed by atoms with Gasteiger partial charge in [-0.05, 0) is 42.9 Å². The van der Waals surface area contributed by atoms with E-state index in [0.717, 1.165) is 18.4 Å². The summed E-state index contributed by atoms with van der Waals surface area (Å²) in [6.07, 6.45) is 6.09. The van der Waals surface area contributed by atoms with Gasteiger partial charge in [-0.3, -0.25) is 4.79 Å². The number of hydrogen-bond acceptors (Lipinski definition) is 2. The molecule has 0 bridgehead atoms. The largest absolute Gasteiger partial charge is 0.324 e. The van der Waals surface area contributed by atoms with Crippen LogP contribution in [-0.4, -0.2) is 12.3 Å². The number of benzene rings is 1. The number of nitrogens with two attached hydrogens (primary N) is 1. The normalized spacial score (nSPS) is 15.5. The van der Waals surface area contributed by atoms with Crippen LogP contribution in [0.15, 0.2) is 18.2 Å². The Morgan fingerprint density at radius 3 is 2.60 bits per heavy atom. The molecule has 2 heteroatoms. The average Bonchev–Trinajstić information content (AvgIpc) is 2.51. The van der Waals surface area contributed by atoms with Crippen molar-refractivity contribution < 1.29 is 4.79 Å². The molecule has 1 aromatic rings. The third-order valence-electron chi connectivity index (χ3n) is 3.11. The number of carbonyl (C=O) groups is 1. The van der Waals surface area contributed by atoms with Gasteiger partial charge in [-0.1, -0.05) is 18.6 Å². The molecule has 2 rings (SSSR count). The second-order valence-corrected chi connectivity index (χ2v) is 4.17. The van der Waals surface area contributed by atoms with Crippen LogP contribution in [0.2, 0.25) is 0 Å². The molecule has 0 heterocycles. The quantitative estimate of drug-likeness (QED) is 0.591. The summed E-state index contributed by atoms with van der Waals surface area (Å²) in [4.78, 5) is 11.5. The second kappa shape index (κ2) is 4.58. The number of fused-ring (bicyclic) bond motifs is 1. The maximum Gasteiger partial charge on any atom is 0.176 e. The van der Waals surface area contributed by atoms with E-state index in [2.05, 4.69) is 6.07 Å². The molecule has 80 valence electrons. The van der Waals surface area contributed by atoms with Gasteiger partial charge in [-0.15, -0.1) is 0 Å². The first-order chi connectivity index (χ1) is 7.31. The van der Waals surface area contributed by atoms with Crippen molar-refractivity contribution in [2.75, 3.05) is 6.54 Å². The second-order valence-electron chi connectivity index (χ2n) is 4.17. The van der Waals surface area contributed by atoms with E-state index in [1.54, 1.807) is 0 Å². The summed E-state index contributed by atoms with van der Waals surface area (Å²) < 4.78 is 0. The van der Waals surface area contributed by atoms with Crippen molar-refractivity contribution in [3.63, 3.8) is 0 Å². The zero-order valence-electron chi connectivity index (χ0n) is 8.96. The Balaban J connectivity index is 2.31. The molecule has 15 heavy (non-hydrogen) atoms. The monoisotopic (exact) mass is 203 g/mol. The summed E-state index contributed by atoms with van der Waals surface area (Å²) >= 11 is 0. The lowest BCUT2D eigenvalue weighted by Gasteiger charge is -2.07. The minimum Gasteiger partial charge on any atom is -0.324 e. The van der Waals surface area contributed by atoms with Crippen LogP contribution in [-0.2, 0) is 12.8 Å². The molecule has 0 spiro atoms. The first-order valence-corrected chi connectivity index (χ1v) is 5.66. The molecule has 1 aliphatic carbocycles. The topological polar surface area (TPSA) is 43.1 Å². The summed E-state index contributed by atoms with van der Waals surface area (Å²) in [6.45, 7) is 0.110. The van der Waals surface area contributed by atoms with Gasteiger partial charge >= 0.3 is 0 Å². The molecule has 1 aliphatic rings. The zero-order valence-corrected chi connectivity index (χ0v) is 8.96. The van der Waals surface area contributed by atoms with Crippen molar-refractivity contribution in [3.8, 4) is 0 Å². The van der Waals surface area contributed by atoms with E-state index in [4.69, 9.17) is 5.73 Å². The Bertz CT molecular complexity index is 371. The van der Waals surface area contributed by atoms with Crippen LogP contribution < -0.4 is 5.73 Å². The number of Topliss-reactive ketones (excluding diaryl/α,β-unsaturated/α-hetero) is 1. The van der Waals surface area contributed by atoms with Crippen LogP contribution in [0.25, 0.3) is 0 Å². The van der Waals surface area contributed by atoms with E-state index in [1.807, 2.05) is 12.1 Å². The first kappa shape index (κ1) is 10.4. The van der Waals surface area contributed by atoms with Gasteiger partial charge in [0.05, 0.1) is 6.54 Å². The summed E-state index contributed by atoms with van der Waals surface area (Å²) in [7, 11) is 0. The van der Waals surface area contributed by atoms with Crippen molar-refractivity contribution in [1.82, 2.24) is 0 Å². The molecule has 2 N–H and O–H groups in total. The van der Waals surface area contributed by atoms with Crippen LogP contribution >= 0.6 is 0 Å². The van der Waals surface area contributed by atoms with Gasteiger partial charge < -0.3 is 5.73 Å². The van der Waals surface area contributed by atoms with Crippen LogP contribution in [0, 0.1) is 0 Å². The van der Waals surface area contributed by atoms with Gasteiger partial charge in [0.2, 0.25) is 0 Å². The predicted molar refractivity (Wildman–Crippen MR) is 61.1 cm³/mol. The van der Waals surface area contributed by atoms with Crippen LogP contribution in [0.4, 0.5) is 0 Å². The highest BCUT2D eigenvalue weighted by Crippen LogP contribution is 2.21. The average molecular weight is 203 g/mol. The highest BCUT2D eigenvalue weighted by atomic mass is 16.1.